The van der Waals surface area contributed by atoms with E-state index in [1.54, 1.807) is 7.11 Å². The molecule has 6 nitrogen and oxygen atoms in total. The van der Waals surface area contributed by atoms with Gasteiger partial charge >= 0.3 is 0 Å². The third-order valence-corrected chi connectivity index (χ3v) is 6.23. The van der Waals surface area contributed by atoms with E-state index in [9.17, 15) is 0 Å². The summed E-state index contributed by atoms with van der Waals surface area (Å²) in [5, 5.41) is 4.17. The Labute approximate surface area is 223 Å². The molecule has 0 saturated heterocycles. The van der Waals surface area contributed by atoms with Crippen LogP contribution in [-0.4, -0.2) is 17.1 Å². The largest absolute Gasteiger partial charge is 0.493 e. The van der Waals surface area contributed by atoms with E-state index in [0.717, 1.165) is 22.3 Å². The number of rotatable bonds is 8. The Bertz CT molecular complexity index is 1510. The topological polar surface area (TPSA) is 65.5 Å². The predicted octanol–water partition coefficient (Wildman–Crippen LogP) is 8.05. The zero-order chi connectivity index (χ0) is 26.5. The summed E-state index contributed by atoms with van der Waals surface area (Å²) in [6, 6.07) is 30.0. The van der Waals surface area contributed by atoms with Crippen LogP contribution in [0.1, 0.15) is 31.9 Å². The third-order valence-electron chi connectivity index (χ3n) is 6.23. The van der Waals surface area contributed by atoms with Gasteiger partial charge in [-0.15, -0.1) is 0 Å². The number of fused-ring (bicyclic) bond motifs is 1. The van der Waals surface area contributed by atoms with E-state index >= 15 is 0 Å². The number of nitrogens with zero attached hydrogens (tertiary/aromatic N) is 2. The molecule has 38 heavy (non-hydrogen) atoms. The molecule has 0 atom stereocenters. The van der Waals surface area contributed by atoms with Gasteiger partial charge in [0.05, 0.1) is 18.0 Å². The van der Waals surface area contributed by atoms with Crippen molar-refractivity contribution in [3.63, 3.8) is 0 Å². The Morgan fingerprint density at radius 1 is 0.763 bits per heavy atom. The fourth-order valence-electron chi connectivity index (χ4n) is 4.07. The first kappa shape index (κ1) is 25.1. The highest BCUT2D eigenvalue weighted by molar-refractivity contribution is 5.87. The maximum atomic E-state index is 6.14. The molecule has 192 valence electrons. The number of anilines is 2. The van der Waals surface area contributed by atoms with Gasteiger partial charge in [0.25, 0.3) is 0 Å². The lowest BCUT2D eigenvalue weighted by Crippen LogP contribution is -2.10. The van der Waals surface area contributed by atoms with Crippen LogP contribution in [0.3, 0.4) is 0 Å². The van der Waals surface area contributed by atoms with E-state index < -0.39 is 0 Å². The molecule has 0 unspecified atom stereocenters. The summed E-state index contributed by atoms with van der Waals surface area (Å²) in [5.41, 5.74) is 5.21. The molecule has 5 rings (SSSR count). The normalized spacial score (nSPS) is 11.3. The van der Waals surface area contributed by atoms with Gasteiger partial charge < -0.3 is 19.5 Å². The molecule has 0 amide bonds. The summed E-state index contributed by atoms with van der Waals surface area (Å²) in [7, 11) is 1.61. The molecule has 0 bridgehead atoms. The number of ether oxygens (including phenoxy) is 3. The van der Waals surface area contributed by atoms with Gasteiger partial charge in [0.1, 0.15) is 18.7 Å². The average Bonchev–Trinajstić information content (AvgIpc) is 2.93. The van der Waals surface area contributed by atoms with Crippen LogP contribution in [0.15, 0.2) is 97.3 Å². The Kier molecular flexibility index (Phi) is 7.13. The first-order valence-electron chi connectivity index (χ1n) is 12.5. The number of methoxy groups -OCH3 is 1. The molecule has 1 N–H and O–H groups in total. The van der Waals surface area contributed by atoms with Crippen molar-refractivity contribution in [2.24, 2.45) is 0 Å². The molecular formula is C32H31N3O3. The minimum Gasteiger partial charge on any atom is -0.493 e. The van der Waals surface area contributed by atoms with Crippen LogP contribution in [0, 0.1) is 0 Å². The number of nitrogens with one attached hydrogen (secondary N) is 1. The van der Waals surface area contributed by atoms with E-state index in [2.05, 4.69) is 60.3 Å². The summed E-state index contributed by atoms with van der Waals surface area (Å²) < 4.78 is 17.8. The zero-order valence-corrected chi connectivity index (χ0v) is 22.1. The molecule has 0 fully saturated rings. The van der Waals surface area contributed by atoms with Gasteiger partial charge in [0.15, 0.2) is 11.5 Å². The molecule has 0 aliphatic rings. The Hall–Kier alpha value is -4.58. The third kappa shape index (κ3) is 5.86. The van der Waals surface area contributed by atoms with E-state index in [1.165, 1.54) is 11.9 Å². The molecule has 0 radical (unpaired) electrons. The monoisotopic (exact) mass is 505 g/mol. The van der Waals surface area contributed by atoms with Gasteiger partial charge in [0, 0.05) is 17.4 Å². The summed E-state index contributed by atoms with van der Waals surface area (Å²) in [6.45, 7) is 7.07. The number of aromatic nitrogens is 2. The van der Waals surface area contributed by atoms with Gasteiger partial charge in [-0.25, -0.2) is 9.97 Å². The lowest BCUT2D eigenvalue weighted by atomic mass is 9.87. The van der Waals surface area contributed by atoms with E-state index in [1.807, 2.05) is 66.7 Å². The summed E-state index contributed by atoms with van der Waals surface area (Å²) >= 11 is 0. The standard InChI is InChI=1S/C32H31N3O3/c1-32(2,3)23-10-12-24(13-11-23)35-25-14-16-26(17-15-25)38-31-27-18-29(36-4)30(19-28(27)33-21-34-31)37-20-22-8-6-5-7-9-22/h5-19,21,35H,20H2,1-4H3. The number of hydrogen-bond acceptors (Lipinski definition) is 6. The van der Waals surface area contributed by atoms with Crippen molar-refractivity contribution >= 4 is 22.3 Å². The van der Waals surface area contributed by atoms with Gasteiger partial charge in [0.2, 0.25) is 5.88 Å². The van der Waals surface area contributed by atoms with Crippen molar-refractivity contribution in [1.82, 2.24) is 9.97 Å². The first-order valence-corrected chi connectivity index (χ1v) is 12.5. The highest BCUT2D eigenvalue weighted by atomic mass is 16.5. The van der Waals surface area contributed by atoms with Crippen molar-refractivity contribution in [3.8, 4) is 23.1 Å². The lowest BCUT2D eigenvalue weighted by Gasteiger charge is -2.19. The highest BCUT2D eigenvalue weighted by Crippen LogP contribution is 2.36. The van der Waals surface area contributed by atoms with E-state index in [-0.39, 0.29) is 5.41 Å². The van der Waals surface area contributed by atoms with Crippen LogP contribution in [0.2, 0.25) is 0 Å². The fraction of sp³-hybridized carbons (Fsp3) is 0.188. The van der Waals surface area contributed by atoms with Crippen LogP contribution in [-0.2, 0) is 12.0 Å². The van der Waals surface area contributed by atoms with Crippen LogP contribution in [0.5, 0.6) is 23.1 Å². The highest BCUT2D eigenvalue weighted by Gasteiger charge is 2.14. The first-order chi connectivity index (χ1) is 18.4. The number of benzene rings is 4. The second kappa shape index (κ2) is 10.8. The Balaban J connectivity index is 1.31. The van der Waals surface area contributed by atoms with Crippen LogP contribution >= 0.6 is 0 Å². The van der Waals surface area contributed by atoms with E-state index in [4.69, 9.17) is 14.2 Å². The molecule has 1 heterocycles. The molecule has 6 heteroatoms. The van der Waals surface area contributed by atoms with Gasteiger partial charge in [-0.2, -0.15) is 0 Å². The molecule has 0 spiro atoms. The molecular weight excluding hydrogens is 474 g/mol. The molecule has 1 aromatic heterocycles. The smallest absolute Gasteiger partial charge is 0.230 e. The summed E-state index contributed by atoms with van der Waals surface area (Å²) in [4.78, 5) is 8.79. The Morgan fingerprint density at radius 3 is 2.11 bits per heavy atom. The minimum atomic E-state index is 0.128. The van der Waals surface area contributed by atoms with Crippen LogP contribution < -0.4 is 19.5 Å². The Morgan fingerprint density at radius 2 is 1.45 bits per heavy atom. The van der Waals surface area contributed by atoms with Gasteiger partial charge in [-0.05, 0) is 59.0 Å². The summed E-state index contributed by atoms with van der Waals surface area (Å²) in [6.07, 6.45) is 1.49. The zero-order valence-electron chi connectivity index (χ0n) is 22.1. The second-order valence-electron chi connectivity index (χ2n) is 10.1. The van der Waals surface area contributed by atoms with Crippen molar-refractivity contribution in [1.29, 1.82) is 0 Å². The second-order valence-corrected chi connectivity index (χ2v) is 10.1. The van der Waals surface area contributed by atoms with Crippen molar-refractivity contribution in [3.05, 3.63) is 108 Å². The van der Waals surface area contributed by atoms with E-state index in [0.29, 0.717) is 35.3 Å². The lowest BCUT2D eigenvalue weighted by molar-refractivity contribution is 0.285. The van der Waals surface area contributed by atoms with Crippen molar-refractivity contribution < 1.29 is 14.2 Å². The average molecular weight is 506 g/mol. The fourth-order valence-corrected chi connectivity index (χ4v) is 4.07. The SMILES string of the molecule is COc1cc2c(Oc3ccc(Nc4ccc(C(C)(C)C)cc4)cc3)ncnc2cc1OCc1ccccc1. The molecule has 0 aliphatic heterocycles. The van der Waals surface area contributed by atoms with Crippen molar-refractivity contribution in [2.75, 3.05) is 12.4 Å². The quantitative estimate of drug-likeness (QED) is 0.230. The summed E-state index contributed by atoms with van der Waals surface area (Å²) in [5.74, 6) is 2.31. The minimum absolute atomic E-state index is 0.128. The molecule has 5 aromatic rings. The predicted molar refractivity (Wildman–Crippen MR) is 152 cm³/mol. The maximum absolute atomic E-state index is 6.14. The number of hydrogen-bond donors (Lipinski definition) is 1. The molecule has 0 saturated carbocycles. The van der Waals surface area contributed by atoms with Crippen LogP contribution in [0.4, 0.5) is 11.4 Å². The maximum Gasteiger partial charge on any atom is 0.230 e. The van der Waals surface area contributed by atoms with Gasteiger partial charge in [-0.1, -0.05) is 63.2 Å². The van der Waals surface area contributed by atoms with Crippen molar-refractivity contribution in [2.45, 2.75) is 32.8 Å². The molecule has 0 aliphatic carbocycles. The van der Waals surface area contributed by atoms with Gasteiger partial charge in [-0.3, -0.25) is 0 Å². The molecule has 4 aromatic carbocycles. The van der Waals surface area contributed by atoms with Crippen LogP contribution in [0.25, 0.3) is 10.9 Å².